The van der Waals surface area contributed by atoms with Gasteiger partial charge in [0.15, 0.2) is 5.11 Å². The molecule has 1 fully saturated rings. The summed E-state index contributed by atoms with van der Waals surface area (Å²) in [4.78, 5) is 23.6. The van der Waals surface area contributed by atoms with Gasteiger partial charge in [-0.1, -0.05) is 19.3 Å². The minimum Gasteiger partial charge on any atom is -0.376 e. The average molecular weight is 286 g/mol. The van der Waals surface area contributed by atoms with E-state index >= 15 is 0 Å². The first-order valence-electron chi connectivity index (χ1n) is 6.51. The molecule has 1 rings (SSSR count). The lowest BCUT2D eigenvalue weighted by molar-refractivity contribution is -0.124. The third-order valence-electron chi connectivity index (χ3n) is 3.17. The SMILES string of the molecule is CC(C)(NC(=O)NC1CCCCC1)C(=O)NC(N)=S. The molecule has 5 N–H and O–H groups in total. The maximum absolute atomic E-state index is 11.9. The lowest BCUT2D eigenvalue weighted by Crippen LogP contribution is -2.59. The Balaban J connectivity index is 2.44. The zero-order valence-corrected chi connectivity index (χ0v) is 12.2. The Hall–Kier alpha value is -1.37. The molecule has 6 nitrogen and oxygen atoms in total. The van der Waals surface area contributed by atoms with Gasteiger partial charge in [0.25, 0.3) is 5.91 Å². The van der Waals surface area contributed by atoms with Crippen molar-refractivity contribution in [2.45, 2.75) is 57.5 Å². The molecule has 7 heteroatoms. The van der Waals surface area contributed by atoms with Crippen molar-refractivity contribution < 1.29 is 9.59 Å². The van der Waals surface area contributed by atoms with Crippen LogP contribution in [0.25, 0.3) is 0 Å². The van der Waals surface area contributed by atoms with Crippen molar-refractivity contribution in [2.75, 3.05) is 0 Å². The lowest BCUT2D eigenvalue weighted by Gasteiger charge is -2.28. The van der Waals surface area contributed by atoms with Crippen molar-refractivity contribution in [3.63, 3.8) is 0 Å². The second kappa shape index (κ2) is 6.70. The number of rotatable bonds is 3. The number of thiocarbonyl (C=S) groups is 1. The molecule has 0 aromatic rings. The van der Waals surface area contributed by atoms with Gasteiger partial charge in [-0.05, 0) is 38.9 Å². The first-order chi connectivity index (χ1) is 8.81. The van der Waals surface area contributed by atoms with Gasteiger partial charge < -0.3 is 21.7 Å². The molecule has 0 aliphatic heterocycles. The molecule has 0 radical (unpaired) electrons. The van der Waals surface area contributed by atoms with Gasteiger partial charge in [-0.25, -0.2) is 4.79 Å². The molecule has 0 unspecified atom stereocenters. The number of nitrogens with one attached hydrogen (secondary N) is 3. The van der Waals surface area contributed by atoms with Crippen LogP contribution in [0.15, 0.2) is 0 Å². The standard InChI is InChI=1S/C12H22N4O2S/c1-12(2,9(17)15-10(13)19)16-11(18)14-8-6-4-3-5-7-8/h8H,3-7H2,1-2H3,(H2,14,16,18)(H3,13,15,17,19). The van der Waals surface area contributed by atoms with Crippen molar-refractivity contribution in [2.24, 2.45) is 5.73 Å². The highest BCUT2D eigenvalue weighted by molar-refractivity contribution is 7.80. The van der Waals surface area contributed by atoms with E-state index in [9.17, 15) is 9.59 Å². The van der Waals surface area contributed by atoms with E-state index in [4.69, 9.17) is 5.73 Å². The molecule has 108 valence electrons. The maximum Gasteiger partial charge on any atom is 0.315 e. The molecule has 0 spiro atoms. The minimum absolute atomic E-state index is 0.104. The van der Waals surface area contributed by atoms with E-state index < -0.39 is 11.4 Å². The zero-order valence-electron chi connectivity index (χ0n) is 11.4. The highest BCUT2D eigenvalue weighted by Crippen LogP contribution is 2.17. The largest absolute Gasteiger partial charge is 0.376 e. The van der Waals surface area contributed by atoms with Gasteiger partial charge in [0, 0.05) is 6.04 Å². The van der Waals surface area contributed by atoms with E-state index in [-0.39, 0.29) is 17.2 Å². The Morgan fingerprint density at radius 1 is 1.21 bits per heavy atom. The van der Waals surface area contributed by atoms with Crippen LogP contribution >= 0.6 is 12.2 Å². The monoisotopic (exact) mass is 286 g/mol. The van der Waals surface area contributed by atoms with E-state index in [0.717, 1.165) is 25.7 Å². The molecule has 0 aromatic heterocycles. The topological polar surface area (TPSA) is 96.2 Å². The first kappa shape index (κ1) is 15.7. The second-order valence-electron chi connectivity index (χ2n) is 5.38. The average Bonchev–Trinajstić information content (AvgIpc) is 2.28. The third kappa shape index (κ3) is 5.42. The molecule has 3 amide bonds. The van der Waals surface area contributed by atoms with E-state index in [0.29, 0.717) is 0 Å². The third-order valence-corrected chi connectivity index (χ3v) is 3.27. The van der Waals surface area contributed by atoms with Crippen LogP contribution < -0.4 is 21.7 Å². The smallest absolute Gasteiger partial charge is 0.315 e. The first-order valence-corrected chi connectivity index (χ1v) is 6.91. The summed E-state index contributed by atoms with van der Waals surface area (Å²) in [5.41, 5.74) is 4.17. The number of nitrogens with two attached hydrogens (primary N) is 1. The highest BCUT2D eigenvalue weighted by Gasteiger charge is 2.30. The summed E-state index contributed by atoms with van der Waals surface area (Å²) in [5, 5.41) is 7.74. The Kier molecular flexibility index (Phi) is 5.53. The Labute approximate surface area is 118 Å². The highest BCUT2D eigenvalue weighted by atomic mass is 32.1. The van der Waals surface area contributed by atoms with Crippen LogP contribution in [0.3, 0.4) is 0 Å². The quantitative estimate of drug-likeness (QED) is 0.576. The van der Waals surface area contributed by atoms with Crippen molar-refractivity contribution in [1.82, 2.24) is 16.0 Å². The van der Waals surface area contributed by atoms with Gasteiger partial charge in [-0.3, -0.25) is 4.79 Å². The fourth-order valence-electron chi connectivity index (χ4n) is 2.08. The number of carbonyl (C=O) groups is 2. The number of carbonyl (C=O) groups excluding carboxylic acids is 2. The van der Waals surface area contributed by atoms with Crippen LogP contribution in [0.4, 0.5) is 4.79 Å². The summed E-state index contributed by atoms with van der Waals surface area (Å²) in [5.74, 6) is -0.432. The van der Waals surface area contributed by atoms with Crippen molar-refractivity contribution in [1.29, 1.82) is 0 Å². The molecule has 19 heavy (non-hydrogen) atoms. The van der Waals surface area contributed by atoms with Crippen LogP contribution in [0, 0.1) is 0 Å². The molecule has 0 bridgehead atoms. The van der Waals surface area contributed by atoms with E-state index in [1.807, 2.05) is 0 Å². The van der Waals surface area contributed by atoms with Crippen LogP contribution in [-0.4, -0.2) is 28.6 Å². The number of amides is 3. The molecule has 1 saturated carbocycles. The van der Waals surface area contributed by atoms with E-state index in [1.54, 1.807) is 13.8 Å². The van der Waals surface area contributed by atoms with E-state index in [2.05, 4.69) is 28.2 Å². The molecular formula is C12H22N4O2S. The van der Waals surface area contributed by atoms with Crippen LogP contribution in [0.1, 0.15) is 46.0 Å². The molecular weight excluding hydrogens is 264 g/mol. The fraction of sp³-hybridized carbons (Fsp3) is 0.750. The summed E-state index contributed by atoms with van der Waals surface area (Å²) in [7, 11) is 0. The van der Waals surface area contributed by atoms with Crippen LogP contribution in [0.2, 0.25) is 0 Å². The molecule has 0 saturated heterocycles. The Morgan fingerprint density at radius 3 is 2.32 bits per heavy atom. The normalized spacial score (nSPS) is 16.5. The second-order valence-corrected chi connectivity index (χ2v) is 5.82. The molecule has 1 aliphatic rings. The number of hydrogen-bond acceptors (Lipinski definition) is 3. The van der Waals surface area contributed by atoms with Gasteiger partial charge in [-0.2, -0.15) is 0 Å². The van der Waals surface area contributed by atoms with Crippen LogP contribution in [-0.2, 0) is 4.79 Å². The summed E-state index contributed by atoms with van der Waals surface area (Å²) in [6.07, 6.45) is 5.48. The predicted molar refractivity (Wildman–Crippen MR) is 77.5 cm³/mol. The maximum atomic E-state index is 11.9. The van der Waals surface area contributed by atoms with Gasteiger partial charge in [0.1, 0.15) is 5.54 Å². The Bertz CT molecular complexity index is 365. The zero-order chi connectivity index (χ0) is 14.5. The van der Waals surface area contributed by atoms with Crippen molar-refractivity contribution in [3.05, 3.63) is 0 Å². The van der Waals surface area contributed by atoms with Gasteiger partial charge in [-0.15, -0.1) is 0 Å². The fourth-order valence-corrected chi connectivity index (χ4v) is 2.17. The summed E-state index contributed by atoms with van der Waals surface area (Å²) in [6.45, 7) is 3.20. The van der Waals surface area contributed by atoms with Gasteiger partial charge in [0.05, 0.1) is 0 Å². The Morgan fingerprint density at radius 2 is 1.79 bits per heavy atom. The molecule has 0 heterocycles. The van der Waals surface area contributed by atoms with Crippen LogP contribution in [0.5, 0.6) is 0 Å². The number of hydrogen-bond donors (Lipinski definition) is 4. The van der Waals surface area contributed by atoms with Gasteiger partial charge in [0.2, 0.25) is 0 Å². The molecule has 0 aromatic carbocycles. The predicted octanol–water partition coefficient (Wildman–Crippen LogP) is 0.757. The molecule has 1 aliphatic carbocycles. The summed E-state index contributed by atoms with van der Waals surface area (Å²) in [6, 6.07) is -0.141. The van der Waals surface area contributed by atoms with Crippen molar-refractivity contribution in [3.8, 4) is 0 Å². The number of urea groups is 1. The van der Waals surface area contributed by atoms with Crippen molar-refractivity contribution >= 4 is 29.3 Å². The molecule has 0 atom stereocenters. The summed E-state index contributed by atoms with van der Waals surface area (Å²) < 4.78 is 0. The van der Waals surface area contributed by atoms with E-state index in [1.165, 1.54) is 6.42 Å². The summed E-state index contributed by atoms with van der Waals surface area (Å²) >= 11 is 4.60. The minimum atomic E-state index is -1.07. The lowest BCUT2D eigenvalue weighted by atomic mass is 9.95. The van der Waals surface area contributed by atoms with Gasteiger partial charge >= 0.3 is 6.03 Å².